The quantitative estimate of drug-likeness (QED) is 0.580. The summed E-state index contributed by atoms with van der Waals surface area (Å²) in [5.41, 5.74) is 5.21. The zero-order valence-electron chi connectivity index (χ0n) is 17.6. The second-order valence-electron chi connectivity index (χ2n) is 8.01. The number of amides is 2. The molecule has 158 valence electrons. The van der Waals surface area contributed by atoms with E-state index in [0.717, 1.165) is 11.1 Å². The molecule has 0 aliphatic carbocycles. The Morgan fingerprint density at radius 1 is 0.935 bits per heavy atom. The molecule has 0 aromatic heterocycles. The highest BCUT2D eigenvalue weighted by molar-refractivity contribution is 5.98. The summed E-state index contributed by atoms with van der Waals surface area (Å²) < 4.78 is 0. The van der Waals surface area contributed by atoms with Crippen molar-refractivity contribution in [1.82, 2.24) is 10.6 Å². The molecule has 0 bridgehead atoms. The van der Waals surface area contributed by atoms with Crippen molar-refractivity contribution in [2.75, 3.05) is 5.32 Å². The Kier molecular flexibility index (Phi) is 6.43. The van der Waals surface area contributed by atoms with Gasteiger partial charge in [0.05, 0.1) is 6.04 Å². The Balaban J connectivity index is 1.47. The largest absolute Gasteiger partial charge is 0.343 e. The fourth-order valence-electron chi connectivity index (χ4n) is 3.84. The van der Waals surface area contributed by atoms with E-state index < -0.39 is 6.04 Å². The van der Waals surface area contributed by atoms with Crippen molar-refractivity contribution < 1.29 is 9.59 Å². The maximum absolute atomic E-state index is 13.1. The van der Waals surface area contributed by atoms with E-state index >= 15 is 0 Å². The molecule has 4 rings (SSSR count). The molecular formula is C26H27N3O2. The van der Waals surface area contributed by atoms with Crippen LogP contribution < -0.4 is 16.0 Å². The molecule has 2 amide bonds. The van der Waals surface area contributed by atoms with Gasteiger partial charge in [-0.25, -0.2) is 0 Å². The fourth-order valence-corrected chi connectivity index (χ4v) is 3.84. The van der Waals surface area contributed by atoms with Gasteiger partial charge in [-0.3, -0.25) is 9.59 Å². The lowest BCUT2D eigenvalue weighted by Gasteiger charge is -2.27. The number of benzene rings is 3. The first-order chi connectivity index (χ1) is 15.1. The van der Waals surface area contributed by atoms with Gasteiger partial charge in [0.15, 0.2) is 0 Å². The molecule has 2 atom stereocenters. The molecule has 3 aromatic rings. The van der Waals surface area contributed by atoms with E-state index in [4.69, 9.17) is 0 Å². The molecule has 0 saturated carbocycles. The summed E-state index contributed by atoms with van der Waals surface area (Å²) in [5, 5.41) is 9.22. The van der Waals surface area contributed by atoms with E-state index in [9.17, 15) is 9.59 Å². The lowest BCUT2D eigenvalue weighted by molar-refractivity contribution is -0.128. The highest BCUT2D eigenvalue weighted by atomic mass is 16.2. The van der Waals surface area contributed by atoms with Gasteiger partial charge in [-0.1, -0.05) is 72.3 Å². The van der Waals surface area contributed by atoms with Crippen molar-refractivity contribution >= 4 is 17.5 Å². The number of aryl methyl sites for hydroxylation is 1. The normalized spacial score (nSPS) is 16.1. The standard InChI is InChI=1S/C26H27N3O2/c1-18-11-13-22(14-12-18)28-26(31)24(15-19-7-3-2-4-8-19)29-25(30)23-16-20-9-5-6-10-21(20)17-27-23/h2-14,23-24,27H,15-17H2,1H3,(H,28,31)(H,29,30). The third-order valence-electron chi connectivity index (χ3n) is 5.63. The Morgan fingerprint density at radius 2 is 1.61 bits per heavy atom. The van der Waals surface area contributed by atoms with Crippen LogP contribution in [0.15, 0.2) is 78.9 Å². The summed E-state index contributed by atoms with van der Waals surface area (Å²) in [6.07, 6.45) is 1.03. The number of hydrogen-bond donors (Lipinski definition) is 3. The molecule has 0 radical (unpaired) electrons. The number of anilines is 1. The molecule has 1 aliphatic rings. The molecule has 3 N–H and O–H groups in total. The minimum Gasteiger partial charge on any atom is -0.343 e. The Morgan fingerprint density at radius 3 is 2.35 bits per heavy atom. The topological polar surface area (TPSA) is 70.2 Å². The fraction of sp³-hybridized carbons (Fsp3) is 0.231. The summed E-state index contributed by atoms with van der Waals surface area (Å²) >= 11 is 0. The maximum atomic E-state index is 13.1. The van der Waals surface area contributed by atoms with Crippen molar-refractivity contribution in [1.29, 1.82) is 0 Å². The average Bonchev–Trinajstić information content (AvgIpc) is 2.80. The van der Waals surface area contributed by atoms with Crippen LogP contribution in [0.3, 0.4) is 0 Å². The number of carbonyl (C=O) groups excluding carboxylic acids is 2. The minimum atomic E-state index is -0.671. The van der Waals surface area contributed by atoms with Gasteiger partial charge < -0.3 is 16.0 Å². The van der Waals surface area contributed by atoms with E-state index in [2.05, 4.69) is 28.1 Å². The van der Waals surface area contributed by atoms with E-state index in [1.165, 1.54) is 11.1 Å². The van der Waals surface area contributed by atoms with Crippen LogP contribution in [0.1, 0.15) is 22.3 Å². The van der Waals surface area contributed by atoms with Crippen LogP contribution in [0.2, 0.25) is 0 Å². The number of fused-ring (bicyclic) bond motifs is 1. The van der Waals surface area contributed by atoms with Gasteiger partial charge in [0.25, 0.3) is 0 Å². The van der Waals surface area contributed by atoms with E-state index in [0.29, 0.717) is 25.1 Å². The lowest BCUT2D eigenvalue weighted by Crippen LogP contribution is -2.53. The van der Waals surface area contributed by atoms with Crippen molar-refractivity contribution in [2.24, 2.45) is 0 Å². The first-order valence-electron chi connectivity index (χ1n) is 10.6. The van der Waals surface area contributed by atoms with Crippen molar-refractivity contribution in [3.63, 3.8) is 0 Å². The third kappa shape index (κ3) is 5.38. The Hall–Kier alpha value is -3.44. The summed E-state index contributed by atoms with van der Waals surface area (Å²) in [5.74, 6) is -0.383. The number of nitrogens with one attached hydrogen (secondary N) is 3. The van der Waals surface area contributed by atoms with E-state index in [-0.39, 0.29) is 17.9 Å². The van der Waals surface area contributed by atoms with Gasteiger partial charge in [0.2, 0.25) is 11.8 Å². The molecule has 2 unspecified atom stereocenters. The van der Waals surface area contributed by atoms with Gasteiger partial charge in [0, 0.05) is 18.7 Å². The van der Waals surface area contributed by atoms with Gasteiger partial charge in [0.1, 0.15) is 6.04 Å². The van der Waals surface area contributed by atoms with Crippen LogP contribution in [0.25, 0.3) is 0 Å². The zero-order valence-corrected chi connectivity index (χ0v) is 17.6. The number of rotatable bonds is 6. The molecular weight excluding hydrogens is 386 g/mol. The van der Waals surface area contributed by atoms with Gasteiger partial charge in [-0.05, 0) is 42.2 Å². The lowest BCUT2D eigenvalue weighted by atomic mass is 9.95. The smallest absolute Gasteiger partial charge is 0.247 e. The molecule has 0 spiro atoms. The second kappa shape index (κ2) is 9.58. The molecule has 1 heterocycles. The predicted molar refractivity (Wildman–Crippen MR) is 123 cm³/mol. The summed E-state index contributed by atoms with van der Waals surface area (Å²) in [4.78, 5) is 26.1. The molecule has 5 heteroatoms. The van der Waals surface area contributed by atoms with Crippen LogP contribution >= 0.6 is 0 Å². The first kappa shape index (κ1) is 20.8. The summed E-state index contributed by atoms with van der Waals surface area (Å²) in [6.45, 7) is 2.65. The van der Waals surface area contributed by atoms with E-state index in [1.54, 1.807) is 0 Å². The highest BCUT2D eigenvalue weighted by Gasteiger charge is 2.28. The second-order valence-corrected chi connectivity index (χ2v) is 8.01. The predicted octanol–water partition coefficient (Wildman–Crippen LogP) is 3.38. The Labute approximate surface area is 182 Å². The van der Waals surface area contributed by atoms with Crippen LogP contribution in [0.5, 0.6) is 0 Å². The Bertz CT molecular complexity index is 1050. The van der Waals surface area contributed by atoms with Crippen molar-refractivity contribution in [2.45, 2.75) is 38.4 Å². The minimum absolute atomic E-state index is 0.158. The van der Waals surface area contributed by atoms with Crippen LogP contribution in [0, 0.1) is 6.92 Å². The average molecular weight is 414 g/mol. The van der Waals surface area contributed by atoms with Gasteiger partial charge >= 0.3 is 0 Å². The van der Waals surface area contributed by atoms with Crippen molar-refractivity contribution in [3.05, 3.63) is 101 Å². The molecule has 1 aliphatic heterocycles. The van der Waals surface area contributed by atoms with Crippen LogP contribution in [-0.4, -0.2) is 23.9 Å². The highest BCUT2D eigenvalue weighted by Crippen LogP contribution is 2.17. The number of carbonyl (C=O) groups is 2. The van der Waals surface area contributed by atoms with Gasteiger partial charge in [-0.15, -0.1) is 0 Å². The van der Waals surface area contributed by atoms with Crippen molar-refractivity contribution in [3.8, 4) is 0 Å². The molecule has 0 saturated heterocycles. The van der Waals surface area contributed by atoms with Gasteiger partial charge in [-0.2, -0.15) is 0 Å². The molecule has 31 heavy (non-hydrogen) atoms. The number of hydrogen-bond acceptors (Lipinski definition) is 3. The molecule has 3 aromatic carbocycles. The molecule has 5 nitrogen and oxygen atoms in total. The monoisotopic (exact) mass is 413 g/mol. The summed E-state index contributed by atoms with van der Waals surface area (Å²) in [7, 11) is 0. The zero-order chi connectivity index (χ0) is 21.6. The molecule has 0 fully saturated rings. The van der Waals surface area contributed by atoms with E-state index in [1.807, 2.05) is 73.7 Å². The maximum Gasteiger partial charge on any atom is 0.247 e. The third-order valence-corrected chi connectivity index (χ3v) is 5.63. The van der Waals surface area contributed by atoms with Crippen LogP contribution in [-0.2, 0) is 29.0 Å². The first-order valence-corrected chi connectivity index (χ1v) is 10.6. The summed E-state index contributed by atoms with van der Waals surface area (Å²) in [6, 6.07) is 24.5. The SMILES string of the molecule is Cc1ccc(NC(=O)C(Cc2ccccc2)NC(=O)C2Cc3ccccc3CN2)cc1. The van der Waals surface area contributed by atoms with Crippen LogP contribution in [0.4, 0.5) is 5.69 Å².